The van der Waals surface area contributed by atoms with Crippen molar-refractivity contribution in [1.29, 1.82) is 0 Å². The molecule has 0 heterocycles. The lowest BCUT2D eigenvalue weighted by molar-refractivity contribution is -0.119. The maximum atomic E-state index is 10.8. The van der Waals surface area contributed by atoms with Crippen LogP contribution in [0, 0.1) is 0 Å². The molecule has 1 saturated carbocycles. The first kappa shape index (κ1) is 10.2. The number of benzene rings is 1. The third kappa shape index (κ3) is 2.58. The topological polar surface area (TPSA) is 20.3 Å². The number of amides is 1. The highest BCUT2D eigenvalue weighted by Gasteiger charge is 2.27. The Labute approximate surface area is 90.9 Å². The molecule has 1 fully saturated rings. The monoisotopic (exact) mass is 203 g/mol. The third-order valence-corrected chi connectivity index (χ3v) is 2.95. The van der Waals surface area contributed by atoms with E-state index in [4.69, 9.17) is 0 Å². The molecule has 1 amide bonds. The fraction of sp³-hybridized carbons (Fsp3) is 0.462. The van der Waals surface area contributed by atoms with Crippen molar-refractivity contribution < 1.29 is 4.79 Å². The van der Waals surface area contributed by atoms with Gasteiger partial charge in [-0.05, 0) is 30.4 Å². The fourth-order valence-electron chi connectivity index (χ4n) is 1.75. The molecular formula is C13H17NO. The predicted molar refractivity (Wildman–Crippen MR) is 60.4 cm³/mol. The molecule has 0 atom stereocenters. The van der Waals surface area contributed by atoms with Gasteiger partial charge in [0, 0.05) is 12.6 Å². The van der Waals surface area contributed by atoms with Crippen molar-refractivity contribution >= 4 is 6.41 Å². The zero-order valence-electron chi connectivity index (χ0n) is 9.15. The second-order valence-corrected chi connectivity index (χ2v) is 4.18. The van der Waals surface area contributed by atoms with E-state index in [1.54, 1.807) is 0 Å². The fourth-order valence-corrected chi connectivity index (χ4v) is 1.75. The summed E-state index contributed by atoms with van der Waals surface area (Å²) in [6, 6.07) is 9.04. The number of carbonyl (C=O) groups excluding carboxylic acids is 1. The molecule has 2 rings (SSSR count). The largest absolute Gasteiger partial charge is 0.338 e. The molecule has 1 aromatic rings. The van der Waals surface area contributed by atoms with Crippen LogP contribution in [0.3, 0.4) is 0 Å². The minimum absolute atomic E-state index is 0.508. The van der Waals surface area contributed by atoms with Crippen LogP contribution < -0.4 is 0 Å². The second-order valence-electron chi connectivity index (χ2n) is 4.18. The lowest BCUT2D eigenvalue weighted by Crippen LogP contribution is -2.23. The number of hydrogen-bond donors (Lipinski definition) is 0. The molecule has 2 heteroatoms. The van der Waals surface area contributed by atoms with Crippen LogP contribution in [0.1, 0.15) is 30.9 Å². The van der Waals surface area contributed by atoms with Gasteiger partial charge in [-0.3, -0.25) is 4.79 Å². The van der Waals surface area contributed by atoms with Crippen molar-refractivity contribution in [1.82, 2.24) is 4.90 Å². The maximum absolute atomic E-state index is 10.8. The average molecular weight is 203 g/mol. The normalized spacial score (nSPS) is 15.0. The molecule has 0 bridgehead atoms. The summed E-state index contributed by atoms with van der Waals surface area (Å²) in [6.45, 7) is 2.91. The minimum atomic E-state index is 0.508. The van der Waals surface area contributed by atoms with Gasteiger partial charge in [-0.25, -0.2) is 0 Å². The molecule has 1 aliphatic rings. The first-order valence-electron chi connectivity index (χ1n) is 5.62. The second kappa shape index (κ2) is 4.47. The molecule has 0 N–H and O–H groups in total. The quantitative estimate of drug-likeness (QED) is 0.673. The molecule has 0 radical (unpaired) electrons. The Hall–Kier alpha value is -1.31. The van der Waals surface area contributed by atoms with Gasteiger partial charge in [0.15, 0.2) is 0 Å². The molecule has 80 valence electrons. The van der Waals surface area contributed by atoms with Gasteiger partial charge in [-0.1, -0.05) is 31.2 Å². The Bertz CT molecular complexity index is 327. The van der Waals surface area contributed by atoms with Crippen molar-refractivity contribution in [3.05, 3.63) is 35.4 Å². The minimum Gasteiger partial charge on any atom is -0.338 e. The van der Waals surface area contributed by atoms with Gasteiger partial charge in [0.25, 0.3) is 0 Å². The van der Waals surface area contributed by atoms with E-state index in [-0.39, 0.29) is 0 Å². The highest BCUT2D eigenvalue weighted by Crippen LogP contribution is 2.26. The number of hydrogen-bond acceptors (Lipinski definition) is 1. The number of rotatable bonds is 5. The molecule has 0 aromatic heterocycles. The summed E-state index contributed by atoms with van der Waals surface area (Å²) in [5.74, 6) is 0. The summed E-state index contributed by atoms with van der Waals surface area (Å²) in [5.41, 5.74) is 2.58. The van der Waals surface area contributed by atoms with Gasteiger partial charge in [-0.2, -0.15) is 0 Å². The Morgan fingerprint density at radius 2 is 1.87 bits per heavy atom. The van der Waals surface area contributed by atoms with Gasteiger partial charge >= 0.3 is 0 Å². The van der Waals surface area contributed by atoms with Gasteiger partial charge < -0.3 is 4.90 Å². The molecule has 2 nitrogen and oxygen atoms in total. The summed E-state index contributed by atoms with van der Waals surface area (Å²) in [7, 11) is 0. The highest BCUT2D eigenvalue weighted by atomic mass is 16.1. The van der Waals surface area contributed by atoms with Crippen LogP contribution in [0.2, 0.25) is 0 Å². The highest BCUT2D eigenvalue weighted by molar-refractivity contribution is 5.49. The molecule has 15 heavy (non-hydrogen) atoms. The Morgan fingerprint density at radius 1 is 1.27 bits per heavy atom. The smallest absolute Gasteiger partial charge is 0.210 e. The van der Waals surface area contributed by atoms with E-state index >= 15 is 0 Å². The molecular weight excluding hydrogens is 186 g/mol. The Balaban J connectivity index is 1.99. The number of carbonyl (C=O) groups is 1. The molecule has 1 aromatic carbocycles. The van der Waals surface area contributed by atoms with Crippen molar-refractivity contribution in [3.63, 3.8) is 0 Å². The van der Waals surface area contributed by atoms with E-state index in [9.17, 15) is 4.79 Å². The zero-order chi connectivity index (χ0) is 10.7. The van der Waals surface area contributed by atoms with Gasteiger partial charge in [0.1, 0.15) is 0 Å². The number of nitrogens with zero attached hydrogens (tertiary/aromatic N) is 1. The van der Waals surface area contributed by atoms with Crippen LogP contribution in [0.25, 0.3) is 0 Å². The van der Waals surface area contributed by atoms with Crippen molar-refractivity contribution in [2.75, 3.05) is 0 Å². The third-order valence-electron chi connectivity index (χ3n) is 2.95. The van der Waals surface area contributed by atoms with Crippen molar-refractivity contribution in [3.8, 4) is 0 Å². The molecule has 0 aliphatic heterocycles. The zero-order valence-corrected chi connectivity index (χ0v) is 9.15. The van der Waals surface area contributed by atoms with Gasteiger partial charge in [-0.15, -0.1) is 0 Å². The van der Waals surface area contributed by atoms with E-state index in [1.807, 2.05) is 4.90 Å². The van der Waals surface area contributed by atoms with E-state index in [1.165, 1.54) is 24.0 Å². The van der Waals surface area contributed by atoms with Crippen LogP contribution in [0.5, 0.6) is 0 Å². The molecule has 0 saturated heterocycles. The van der Waals surface area contributed by atoms with E-state index in [0.717, 1.165) is 19.4 Å². The number of aryl methyl sites for hydroxylation is 1. The van der Waals surface area contributed by atoms with Crippen LogP contribution in [-0.4, -0.2) is 17.4 Å². The van der Waals surface area contributed by atoms with Crippen LogP contribution in [-0.2, 0) is 17.8 Å². The molecule has 0 unspecified atom stereocenters. The van der Waals surface area contributed by atoms with E-state index < -0.39 is 0 Å². The Morgan fingerprint density at radius 3 is 2.33 bits per heavy atom. The van der Waals surface area contributed by atoms with Crippen LogP contribution in [0.4, 0.5) is 0 Å². The summed E-state index contributed by atoms with van der Waals surface area (Å²) in [6.07, 6.45) is 4.39. The SMILES string of the molecule is CCc1ccc(CN(C=O)C2CC2)cc1. The summed E-state index contributed by atoms with van der Waals surface area (Å²) < 4.78 is 0. The van der Waals surface area contributed by atoms with Crippen LogP contribution >= 0.6 is 0 Å². The lowest BCUT2D eigenvalue weighted by atomic mass is 10.1. The summed E-state index contributed by atoms with van der Waals surface area (Å²) >= 11 is 0. The maximum Gasteiger partial charge on any atom is 0.210 e. The summed E-state index contributed by atoms with van der Waals surface area (Å²) in [5, 5.41) is 0. The first-order valence-corrected chi connectivity index (χ1v) is 5.62. The van der Waals surface area contributed by atoms with Gasteiger partial charge in [0.05, 0.1) is 0 Å². The predicted octanol–water partition coefficient (Wildman–Crippen LogP) is 2.37. The average Bonchev–Trinajstić information content (AvgIpc) is 3.10. The van der Waals surface area contributed by atoms with E-state index in [0.29, 0.717) is 6.04 Å². The van der Waals surface area contributed by atoms with Crippen molar-refractivity contribution in [2.24, 2.45) is 0 Å². The van der Waals surface area contributed by atoms with E-state index in [2.05, 4.69) is 31.2 Å². The Kier molecular flexibility index (Phi) is 3.05. The summed E-state index contributed by atoms with van der Waals surface area (Å²) in [4.78, 5) is 12.7. The van der Waals surface area contributed by atoms with Gasteiger partial charge in [0.2, 0.25) is 6.41 Å². The lowest BCUT2D eigenvalue weighted by Gasteiger charge is -2.16. The van der Waals surface area contributed by atoms with Crippen molar-refractivity contribution in [2.45, 2.75) is 38.8 Å². The standard InChI is InChI=1S/C13H17NO/c1-2-11-3-5-12(6-4-11)9-14(10-15)13-7-8-13/h3-6,10,13H,2,7-9H2,1H3. The first-order chi connectivity index (χ1) is 7.33. The molecule has 0 spiro atoms. The molecule has 1 aliphatic carbocycles. The van der Waals surface area contributed by atoms with Crippen LogP contribution in [0.15, 0.2) is 24.3 Å².